The highest BCUT2D eigenvalue weighted by atomic mass is 16.5. The molecule has 1 aliphatic heterocycles. The number of hydrogen-bond donors (Lipinski definition) is 0. The van der Waals surface area contributed by atoms with E-state index >= 15 is 0 Å². The van der Waals surface area contributed by atoms with Crippen LogP contribution in [-0.2, 0) is 11.2 Å². The Bertz CT molecular complexity index is 454. The minimum atomic E-state index is 0.120. The third-order valence-corrected chi connectivity index (χ3v) is 3.51. The highest BCUT2D eigenvalue weighted by molar-refractivity contribution is 5.92. The fourth-order valence-corrected chi connectivity index (χ4v) is 2.40. The van der Waals surface area contributed by atoms with E-state index in [4.69, 9.17) is 4.74 Å². The first kappa shape index (κ1) is 13.9. The van der Waals surface area contributed by atoms with E-state index in [2.05, 4.69) is 19.9 Å². The van der Waals surface area contributed by atoms with E-state index < -0.39 is 0 Å². The zero-order valence-electron chi connectivity index (χ0n) is 12.1. The summed E-state index contributed by atoms with van der Waals surface area (Å²) in [4.78, 5) is 13.4. The van der Waals surface area contributed by atoms with Gasteiger partial charge >= 0.3 is 0 Å². The molecule has 0 saturated heterocycles. The van der Waals surface area contributed by atoms with Gasteiger partial charge in [0.25, 0.3) is 0 Å². The Morgan fingerprint density at radius 3 is 2.89 bits per heavy atom. The summed E-state index contributed by atoms with van der Waals surface area (Å²) in [5.41, 5.74) is 2.28. The van der Waals surface area contributed by atoms with E-state index in [0.29, 0.717) is 5.92 Å². The molecule has 2 rings (SSSR count). The van der Waals surface area contributed by atoms with Gasteiger partial charge in [-0.1, -0.05) is 13.8 Å². The third kappa shape index (κ3) is 3.49. The highest BCUT2D eigenvalue weighted by Gasteiger charge is 2.20. The van der Waals surface area contributed by atoms with E-state index in [1.807, 2.05) is 17.0 Å². The lowest BCUT2D eigenvalue weighted by atomic mass is 10.0. The molecular weight excluding hydrogens is 238 g/mol. The van der Waals surface area contributed by atoms with E-state index in [0.717, 1.165) is 43.9 Å². The van der Waals surface area contributed by atoms with Crippen LogP contribution in [0.1, 0.15) is 39.2 Å². The summed E-state index contributed by atoms with van der Waals surface area (Å²) in [5.74, 6) is 1.70. The second-order valence-electron chi connectivity index (χ2n) is 5.60. The van der Waals surface area contributed by atoms with Crippen molar-refractivity contribution >= 4 is 11.6 Å². The number of carbonyl (C=O) groups is 1. The van der Waals surface area contributed by atoms with Crippen LogP contribution in [0.3, 0.4) is 0 Å². The van der Waals surface area contributed by atoms with Gasteiger partial charge in [-0.2, -0.15) is 0 Å². The van der Waals surface area contributed by atoms with Crippen molar-refractivity contribution in [3.05, 3.63) is 23.8 Å². The molecule has 19 heavy (non-hydrogen) atoms. The molecule has 3 nitrogen and oxygen atoms in total. The average Bonchev–Trinajstić information content (AvgIpc) is 2.37. The maximum absolute atomic E-state index is 11.6. The van der Waals surface area contributed by atoms with Crippen molar-refractivity contribution in [3.8, 4) is 5.75 Å². The molecule has 0 unspecified atom stereocenters. The Balaban J connectivity index is 2.08. The highest BCUT2D eigenvalue weighted by Crippen LogP contribution is 2.30. The Kier molecular flexibility index (Phi) is 4.46. The van der Waals surface area contributed by atoms with Crippen LogP contribution in [0, 0.1) is 5.92 Å². The molecule has 1 aliphatic rings. The van der Waals surface area contributed by atoms with Crippen molar-refractivity contribution in [2.24, 2.45) is 5.92 Å². The van der Waals surface area contributed by atoms with Crippen molar-refractivity contribution in [2.45, 2.75) is 40.0 Å². The first-order valence-corrected chi connectivity index (χ1v) is 7.11. The second kappa shape index (κ2) is 6.09. The van der Waals surface area contributed by atoms with E-state index in [-0.39, 0.29) is 5.91 Å². The number of hydrogen-bond acceptors (Lipinski definition) is 2. The van der Waals surface area contributed by atoms with Gasteiger partial charge in [0.2, 0.25) is 5.91 Å². The minimum absolute atomic E-state index is 0.120. The molecule has 3 heteroatoms. The van der Waals surface area contributed by atoms with Crippen LogP contribution >= 0.6 is 0 Å². The molecule has 1 amide bonds. The molecule has 0 aromatic heterocycles. The molecule has 0 fully saturated rings. The predicted octanol–water partition coefficient (Wildman–Crippen LogP) is 3.41. The number of benzene rings is 1. The van der Waals surface area contributed by atoms with Gasteiger partial charge in [0.1, 0.15) is 5.75 Å². The lowest BCUT2D eigenvalue weighted by Crippen LogP contribution is -2.33. The summed E-state index contributed by atoms with van der Waals surface area (Å²) in [7, 11) is 0. The number of anilines is 1. The summed E-state index contributed by atoms with van der Waals surface area (Å²) in [5, 5.41) is 0. The fourth-order valence-electron chi connectivity index (χ4n) is 2.40. The maximum atomic E-state index is 11.6. The maximum Gasteiger partial charge on any atom is 0.223 e. The lowest BCUT2D eigenvalue weighted by molar-refractivity contribution is -0.116. The van der Waals surface area contributed by atoms with E-state index in [1.165, 1.54) is 5.56 Å². The molecule has 0 bridgehead atoms. The van der Waals surface area contributed by atoms with Crippen LogP contribution in [-0.4, -0.2) is 19.1 Å². The molecule has 0 saturated carbocycles. The Labute approximate surface area is 115 Å². The normalized spacial score (nSPS) is 14.4. The Hall–Kier alpha value is -1.51. The molecule has 0 aliphatic carbocycles. The summed E-state index contributed by atoms with van der Waals surface area (Å²) >= 11 is 0. The van der Waals surface area contributed by atoms with Gasteiger partial charge in [0, 0.05) is 19.2 Å². The zero-order valence-corrected chi connectivity index (χ0v) is 12.1. The fraction of sp³-hybridized carbons (Fsp3) is 0.562. The van der Waals surface area contributed by atoms with Gasteiger partial charge in [0.15, 0.2) is 0 Å². The van der Waals surface area contributed by atoms with Gasteiger partial charge < -0.3 is 9.64 Å². The van der Waals surface area contributed by atoms with Crippen LogP contribution in [0.2, 0.25) is 0 Å². The SMILES string of the molecule is CC(=O)N1CCCc2cc(OCCC(C)C)ccc21. The second-order valence-corrected chi connectivity index (χ2v) is 5.60. The predicted molar refractivity (Wildman–Crippen MR) is 77.7 cm³/mol. The first-order valence-electron chi connectivity index (χ1n) is 7.11. The van der Waals surface area contributed by atoms with Crippen LogP contribution in [0.4, 0.5) is 5.69 Å². The minimum Gasteiger partial charge on any atom is -0.494 e. The topological polar surface area (TPSA) is 29.5 Å². The molecule has 0 spiro atoms. The number of aryl methyl sites for hydroxylation is 1. The monoisotopic (exact) mass is 261 g/mol. The molecular formula is C16H23NO2. The van der Waals surface area contributed by atoms with E-state index in [9.17, 15) is 4.79 Å². The number of fused-ring (bicyclic) bond motifs is 1. The molecule has 0 atom stereocenters. The summed E-state index contributed by atoms with van der Waals surface area (Å²) < 4.78 is 5.78. The van der Waals surface area contributed by atoms with Gasteiger partial charge in [-0.3, -0.25) is 4.79 Å². The van der Waals surface area contributed by atoms with Gasteiger partial charge in [-0.15, -0.1) is 0 Å². The van der Waals surface area contributed by atoms with Crippen LogP contribution in [0.15, 0.2) is 18.2 Å². The van der Waals surface area contributed by atoms with E-state index in [1.54, 1.807) is 6.92 Å². The van der Waals surface area contributed by atoms with Crippen molar-refractivity contribution in [2.75, 3.05) is 18.1 Å². The molecule has 0 radical (unpaired) electrons. The zero-order chi connectivity index (χ0) is 13.8. The van der Waals surface area contributed by atoms with Gasteiger partial charge in [0.05, 0.1) is 6.61 Å². The smallest absolute Gasteiger partial charge is 0.223 e. The molecule has 0 N–H and O–H groups in total. The number of carbonyl (C=O) groups excluding carboxylic acids is 1. The van der Waals surface area contributed by atoms with Crippen LogP contribution in [0.25, 0.3) is 0 Å². The number of ether oxygens (including phenoxy) is 1. The quantitative estimate of drug-likeness (QED) is 0.831. The lowest BCUT2D eigenvalue weighted by Gasteiger charge is -2.28. The van der Waals surface area contributed by atoms with Gasteiger partial charge in [-0.05, 0) is 48.9 Å². The molecule has 1 aromatic carbocycles. The average molecular weight is 261 g/mol. The summed E-state index contributed by atoms with van der Waals surface area (Å²) in [6.07, 6.45) is 3.12. The van der Waals surface area contributed by atoms with Crippen molar-refractivity contribution < 1.29 is 9.53 Å². The van der Waals surface area contributed by atoms with Crippen molar-refractivity contribution in [1.82, 2.24) is 0 Å². The summed E-state index contributed by atoms with van der Waals surface area (Å²) in [6, 6.07) is 6.08. The molecule has 1 aromatic rings. The summed E-state index contributed by atoms with van der Waals surface area (Å²) in [6.45, 7) is 7.60. The number of nitrogens with zero attached hydrogens (tertiary/aromatic N) is 1. The number of rotatable bonds is 4. The van der Waals surface area contributed by atoms with Crippen LogP contribution in [0.5, 0.6) is 5.75 Å². The van der Waals surface area contributed by atoms with Crippen molar-refractivity contribution in [3.63, 3.8) is 0 Å². The standard InChI is InChI=1S/C16H23NO2/c1-12(2)8-10-19-15-6-7-16-14(11-15)5-4-9-17(16)13(3)18/h6-7,11-12H,4-5,8-10H2,1-3H3. The molecule has 1 heterocycles. The first-order chi connectivity index (χ1) is 9.08. The molecule has 104 valence electrons. The van der Waals surface area contributed by atoms with Crippen LogP contribution < -0.4 is 9.64 Å². The number of amides is 1. The largest absolute Gasteiger partial charge is 0.494 e. The Morgan fingerprint density at radius 2 is 2.21 bits per heavy atom. The van der Waals surface area contributed by atoms with Gasteiger partial charge in [-0.25, -0.2) is 0 Å². The Morgan fingerprint density at radius 1 is 1.42 bits per heavy atom. The third-order valence-electron chi connectivity index (χ3n) is 3.51. The van der Waals surface area contributed by atoms with Crippen molar-refractivity contribution in [1.29, 1.82) is 0 Å².